The molecule has 3 rings (SSSR count). The first-order chi connectivity index (χ1) is 10.7. The van der Waals surface area contributed by atoms with Gasteiger partial charge in [0.2, 0.25) is 0 Å². The summed E-state index contributed by atoms with van der Waals surface area (Å²) in [6, 6.07) is 8.04. The van der Waals surface area contributed by atoms with Crippen molar-refractivity contribution < 1.29 is 9.53 Å². The molecule has 1 aliphatic carbocycles. The van der Waals surface area contributed by atoms with Gasteiger partial charge in [-0.1, -0.05) is 6.07 Å². The number of esters is 1. The van der Waals surface area contributed by atoms with Crippen LogP contribution in [0.4, 0.5) is 0 Å². The third-order valence-electron chi connectivity index (χ3n) is 4.22. The molecular formula is C19H21NO2. The number of aromatic nitrogens is 1. The summed E-state index contributed by atoms with van der Waals surface area (Å²) in [4.78, 5) is 16.7. The highest BCUT2D eigenvalue weighted by Gasteiger charge is 2.22. The normalized spacial score (nSPS) is 13.5. The molecule has 1 heterocycles. The molecule has 0 amide bonds. The molecule has 1 aromatic carbocycles. The quantitative estimate of drug-likeness (QED) is 0.800. The van der Waals surface area contributed by atoms with Crippen LogP contribution in [0.15, 0.2) is 30.5 Å². The fourth-order valence-electron chi connectivity index (χ4n) is 3.19. The predicted molar refractivity (Wildman–Crippen MR) is 87.0 cm³/mol. The first-order valence-corrected chi connectivity index (χ1v) is 7.95. The molecule has 0 radical (unpaired) electrons. The molecule has 0 aliphatic heterocycles. The molecule has 3 heteroatoms. The molecule has 0 bridgehead atoms. The van der Waals surface area contributed by atoms with E-state index in [-0.39, 0.29) is 5.97 Å². The van der Waals surface area contributed by atoms with E-state index < -0.39 is 0 Å². The average Bonchev–Trinajstić information content (AvgIpc) is 2.54. The monoisotopic (exact) mass is 295 g/mol. The first-order valence-electron chi connectivity index (χ1n) is 7.95. The molecule has 0 unspecified atom stereocenters. The van der Waals surface area contributed by atoms with Crippen LogP contribution in [0.5, 0.6) is 0 Å². The molecular weight excluding hydrogens is 274 g/mol. The Hall–Kier alpha value is -2.16. The van der Waals surface area contributed by atoms with Crippen molar-refractivity contribution >= 4 is 5.97 Å². The fraction of sp³-hybridized carbons (Fsp3) is 0.368. The maximum atomic E-state index is 12.2. The van der Waals surface area contributed by atoms with Gasteiger partial charge in [-0.05, 0) is 74.4 Å². The fourth-order valence-corrected chi connectivity index (χ4v) is 3.19. The van der Waals surface area contributed by atoms with E-state index >= 15 is 0 Å². The van der Waals surface area contributed by atoms with Gasteiger partial charge in [-0.3, -0.25) is 4.98 Å². The number of pyridine rings is 1. The number of carbonyl (C=O) groups is 1. The van der Waals surface area contributed by atoms with Crippen LogP contribution in [0.1, 0.15) is 46.8 Å². The third-order valence-corrected chi connectivity index (χ3v) is 4.22. The summed E-state index contributed by atoms with van der Waals surface area (Å²) in [6.45, 7) is 4.33. The van der Waals surface area contributed by atoms with Crippen LogP contribution < -0.4 is 0 Å². The molecule has 0 saturated carbocycles. The Kier molecular flexibility index (Phi) is 4.23. The lowest BCUT2D eigenvalue weighted by Crippen LogP contribution is -2.14. The summed E-state index contributed by atoms with van der Waals surface area (Å²) in [6.07, 6.45) is 6.10. The Morgan fingerprint density at radius 1 is 1.18 bits per heavy atom. The molecule has 1 aromatic heterocycles. The number of hydrogen-bond acceptors (Lipinski definition) is 3. The number of fused-ring (bicyclic) bond motifs is 1. The zero-order chi connectivity index (χ0) is 15.5. The second kappa shape index (κ2) is 6.30. The van der Waals surface area contributed by atoms with E-state index in [1.807, 2.05) is 31.3 Å². The molecule has 0 N–H and O–H groups in total. The molecule has 0 saturated heterocycles. The zero-order valence-corrected chi connectivity index (χ0v) is 13.2. The van der Waals surface area contributed by atoms with Gasteiger partial charge in [-0.15, -0.1) is 0 Å². The standard InChI is InChI=1S/C19H21NO2/c1-3-22-19(21)17-9-8-16(14-6-4-5-7-15(14)17)18-12-13(2)10-11-20-18/h8-12H,3-7H2,1-2H3. The second-order valence-corrected chi connectivity index (χ2v) is 5.76. The van der Waals surface area contributed by atoms with Crippen molar-refractivity contribution in [2.24, 2.45) is 0 Å². The Labute approximate surface area is 131 Å². The number of carbonyl (C=O) groups excluding carboxylic acids is 1. The Bertz CT molecular complexity index is 707. The molecule has 114 valence electrons. The maximum absolute atomic E-state index is 12.2. The van der Waals surface area contributed by atoms with E-state index in [2.05, 4.69) is 18.0 Å². The minimum atomic E-state index is -0.204. The largest absolute Gasteiger partial charge is 0.462 e. The number of hydrogen-bond donors (Lipinski definition) is 0. The van der Waals surface area contributed by atoms with E-state index in [0.29, 0.717) is 6.61 Å². The molecule has 0 atom stereocenters. The van der Waals surface area contributed by atoms with Crippen molar-refractivity contribution in [2.45, 2.75) is 39.5 Å². The van der Waals surface area contributed by atoms with Gasteiger partial charge in [0.05, 0.1) is 17.9 Å². The van der Waals surface area contributed by atoms with E-state index in [1.54, 1.807) is 0 Å². The number of aryl methyl sites for hydroxylation is 1. The maximum Gasteiger partial charge on any atom is 0.338 e. The van der Waals surface area contributed by atoms with Crippen LogP contribution in [-0.4, -0.2) is 17.6 Å². The van der Waals surface area contributed by atoms with Crippen LogP contribution in [0, 0.1) is 6.92 Å². The molecule has 3 nitrogen and oxygen atoms in total. The highest BCUT2D eigenvalue weighted by molar-refractivity contribution is 5.93. The lowest BCUT2D eigenvalue weighted by molar-refractivity contribution is 0.0524. The summed E-state index contributed by atoms with van der Waals surface area (Å²) in [5, 5.41) is 0. The Morgan fingerprint density at radius 3 is 2.68 bits per heavy atom. The summed E-state index contributed by atoms with van der Waals surface area (Å²) in [5.41, 5.74) is 6.51. The lowest BCUT2D eigenvalue weighted by Gasteiger charge is -2.22. The molecule has 22 heavy (non-hydrogen) atoms. The van der Waals surface area contributed by atoms with E-state index in [4.69, 9.17) is 4.74 Å². The highest BCUT2D eigenvalue weighted by Crippen LogP contribution is 2.33. The van der Waals surface area contributed by atoms with Gasteiger partial charge in [-0.2, -0.15) is 0 Å². The number of rotatable bonds is 3. The van der Waals surface area contributed by atoms with E-state index in [9.17, 15) is 4.79 Å². The zero-order valence-electron chi connectivity index (χ0n) is 13.2. The summed E-state index contributed by atoms with van der Waals surface area (Å²) >= 11 is 0. The van der Waals surface area contributed by atoms with Gasteiger partial charge >= 0.3 is 5.97 Å². The van der Waals surface area contributed by atoms with Gasteiger partial charge < -0.3 is 4.74 Å². The van der Waals surface area contributed by atoms with Crippen molar-refractivity contribution in [3.63, 3.8) is 0 Å². The number of nitrogens with zero attached hydrogens (tertiary/aromatic N) is 1. The third kappa shape index (κ3) is 2.76. The summed E-state index contributed by atoms with van der Waals surface area (Å²) < 4.78 is 5.20. The van der Waals surface area contributed by atoms with Crippen LogP contribution in [-0.2, 0) is 17.6 Å². The van der Waals surface area contributed by atoms with Gasteiger partial charge in [0.25, 0.3) is 0 Å². The Balaban J connectivity index is 2.12. The van der Waals surface area contributed by atoms with Crippen LogP contribution in [0.2, 0.25) is 0 Å². The molecule has 0 fully saturated rings. The van der Waals surface area contributed by atoms with E-state index in [0.717, 1.165) is 48.1 Å². The van der Waals surface area contributed by atoms with Crippen molar-refractivity contribution in [1.29, 1.82) is 0 Å². The lowest BCUT2D eigenvalue weighted by atomic mass is 9.84. The average molecular weight is 295 g/mol. The SMILES string of the molecule is CCOC(=O)c1ccc(-c2cc(C)ccn2)c2c1CCCC2. The van der Waals surface area contributed by atoms with Crippen molar-refractivity contribution in [3.05, 3.63) is 52.7 Å². The molecule has 2 aromatic rings. The van der Waals surface area contributed by atoms with Gasteiger partial charge in [0, 0.05) is 11.8 Å². The van der Waals surface area contributed by atoms with Gasteiger partial charge in [0.15, 0.2) is 0 Å². The minimum Gasteiger partial charge on any atom is -0.462 e. The number of ether oxygens (including phenoxy) is 1. The van der Waals surface area contributed by atoms with Crippen molar-refractivity contribution in [2.75, 3.05) is 6.61 Å². The Morgan fingerprint density at radius 2 is 1.95 bits per heavy atom. The molecule has 0 spiro atoms. The molecule has 1 aliphatic rings. The van der Waals surface area contributed by atoms with Crippen LogP contribution >= 0.6 is 0 Å². The van der Waals surface area contributed by atoms with Crippen molar-refractivity contribution in [3.8, 4) is 11.3 Å². The first kappa shape index (κ1) is 14.8. The predicted octanol–water partition coefficient (Wildman–Crippen LogP) is 4.11. The van der Waals surface area contributed by atoms with Crippen LogP contribution in [0.3, 0.4) is 0 Å². The second-order valence-electron chi connectivity index (χ2n) is 5.76. The van der Waals surface area contributed by atoms with Crippen LogP contribution in [0.25, 0.3) is 11.3 Å². The van der Waals surface area contributed by atoms with Gasteiger partial charge in [0.1, 0.15) is 0 Å². The summed E-state index contributed by atoms with van der Waals surface area (Å²) in [5.74, 6) is -0.204. The topological polar surface area (TPSA) is 39.2 Å². The highest BCUT2D eigenvalue weighted by atomic mass is 16.5. The smallest absolute Gasteiger partial charge is 0.338 e. The van der Waals surface area contributed by atoms with E-state index in [1.165, 1.54) is 11.1 Å². The number of benzene rings is 1. The van der Waals surface area contributed by atoms with Gasteiger partial charge in [-0.25, -0.2) is 4.79 Å². The minimum absolute atomic E-state index is 0.204. The van der Waals surface area contributed by atoms with Crippen molar-refractivity contribution in [1.82, 2.24) is 4.98 Å². The summed E-state index contributed by atoms with van der Waals surface area (Å²) in [7, 11) is 0.